The molecule has 1 aliphatic heterocycles. The Morgan fingerprint density at radius 3 is 2.23 bits per heavy atom. The molecule has 8 nitrogen and oxygen atoms in total. The van der Waals surface area contributed by atoms with Gasteiger partial charge in [-0.15, -0.1) is 0 Å². The Kier molecular flexibility index (Phi) is 5.43. The zero-order valence-electron chi connectivity index (χ0n) is 16.2. The Hall–Kier alpha value is -3.36. The van der Waals surface area contributed by atoms with E-state index in [1.165, 1.54) is 24.1 Å². The molecule has 0 spiro atoms. The predicted octanol–water partition coefficient (Wildman–Crippen LogP) is 3.24. The van der Waals surface area contributed by atoms with Crippen molar-refractivity contribution < 1.29 is 9.90 Å². The number of hydrogen-bond donors (Lipinski definition) is 2. The SMILES string of the molecule is CC(=O)N1N=C(c2c(O)n(-c3ccc(Cl)cc3)c(=O)[nH]c2=O)CC1c1ccc(Cl)cc1. The number of rotatable bonds is 3. The third-order valence-corrected chi connectivity index (χ3v) is 5.45. The van der Waals surface area contributed by atoms with E-state index in [0.29, 0.717) is 15.7 Å². The van der Waals surface area contributed by atoms with Crippen LogP contribution in [0.15, 0.2) is 63.2 Å². The van der Waals surface area contributed by atoms with Crippen molar-refractivity contribution in [2.45, 2.75) is 19.4 Å². The fourth-order valence-corrected chi connectivity index (χ4v) is 3.76. The average Bonchev–Trinajstić information content (AvgIpc) is 3.15. The van der Waals surface area contributed by atoms with Gasteiger partial charge in [0.05, 0.1) is 17.4 Å². The maximum atomic E-state index is 12.6. The normalized spacial score (nSPS) is 15.8. The summed E-state index contributed by atoms with van der Waals surface area (Å²) < 4.78 is 0.948. The minimum absolute atomic E-state index is 0.163. The van der Waals surface area contributed by atoms with E-state index >= 15 is 0 Å². The molecular weight excluding hydrogens is 443 g/mol. The molecule has 0 aliphatic carbocycles. The Labute approximate surface area is 186 Å². The van der Waals surface area contributed by atoms with Gasteiger partial charge in [0.1, 0.15) is 5.56 Å². The molecule has 1 amide bonds. The molecule has 1 atom stereocenters. The van der Waals surface area contributed by atoms with Crippen LogP contribution < -0.4 is 11.2 Å². The number of hydrazone groups is 1. The van der Waals surface area contributed by atoms with Gasteiger partial charge in [-0.2, -0.15) is 5.10 Å². The first-order chi connectivity index (χ1) is 14.8. The second-order valence-electron chi connectivity index (χ2n) is 6.95. The van der Waals surface area contributed by atoms with Gasteiger partial charge in [0.25, 0.3) is 5.56 Å². The molecule has 2 heterocycles. The summed E-state index contributed by atoms with van der Waals surface area (Å²) in [4.78, 5) is 39.4. The van der Waals surface area contributed by atoms with Crippen molar-refractivity contribution in [3.8, 4) is 11.6 Å². The van der Waals surface area contributed by atoms with Gasteiger partial charge in [-0.1, -0.05) is 35.3 Å². The number of halogens is 2. The van der Waals surface area contributed by atoms with Gasteiger partial charge in [0.2, 0.25) is 11.8 Å². The zero-order chi connectivity index (χ0) is 22.3. The molecule has 0 fully saturated rings. The number of benzene rings is 2. The van der Waals surface area contributed by atoms with Crippen LogP contribution in [0, 0.1) is 0 Å². The van der Waals surface area contributed by atoms with Crippen LogP contribution in [0.1, 0.15) is 30.5 Å². The lowest BCUT2D eigenvalue weighted by atomic mass is 9.99. The molecule has 3 aromatic rings. The van der Waals surface area contributed by atoms with Crippen LogP contribution in [-0.2, 0) is 4.79 Å². The Balaban J connectivity index is 1.83. The Morgan fingerprint density at radius 1 is 1.06 bits per heavy atom. The molecule has 31 heavy (non-hydrogen) atoms. The third kappa shape index (κ3) is 3.87. The van der Waals surface area contributed by atoms with Crippen LogP contribution in [0.5, 0.6) is 5.88 Å². The van der Waals surface area contributed by atoms with Gasteiger partial charge < -0.3 is 5.11 Å². The number of carbonyl (C=O) groups excluding carboxylic acids is 1. The molecule has 0 saturated carbocycles. The highest BCUT2D eigenvalue weighted by Crippen LogP contribution is 2.34. The van der Waals surface area contributed by atoms with E-state index in [1.807, 2.05) is 0 Å². The van der Waals surface area contributed by atoms with E-state index in [2.05, 4.69) is 10.1 Å². The van der Waals surface area contributed by atoms with E-state index in [-0.39, 0.29) is 23.6 Å². The van der Waals surface area contributed by atoms with Crippen molar-refractivity contribution in [3.63, 3.8) is 0 Å². The predicted molar refractivity (Wildman–Crippen MR) is 117 cm³/mol. The first-order valence-corrected chi connectivity index (χ1v) is 9.99. The van der Waals surface area contributed by atoms with Crippen molar-refractivity contribution in [2.24, 2.45) is 5.10 Å². The smallest absolute Gasteiger partial charge is 0.335 e. The number of hydrogen-bond acceptors (Lipinski definition) is 5. The van der Waals surface area contributed by atoms with Crippen molar-refractivity contribution in [3.05, 3.63) is 90.5 Å². The molecule has 1 aromatic heterocycles. The number of aromatic amines is 1. The second-order valence-corrected chi connectivity index (χ2v) is 7.82. The molecule has 1 unspecified atom stereocenters. The molecule has 10 heteroatoms. The van der Waals surface area contributed by atoms with Crippen molar-refractivity contribution in [1.29, 1.82) is 0 Å². The maximum Gasteiger partial charge on any atom is 0.335 e. The minimum atomic E-state index is -0.815. The van der Waals surface area contributed by atoms with Crippen LogP contribution >= 0.6 is 23.2 Å². The van der Waals surface area contributed by atoms with Gasteiger partial charge in [0, 0.05) is 23.4 Å². The summed E-state index contributed by atoms with van der Waals surface area (Å²) in [5.74, 6) is -0.910. The van der Waals surface area contributed by atoms with Gasteiger partial charge in [-0.25, -0.2) is 14.4 Å². The first kappa shape index (κ1) is 20.9. The first-order valence-electron chi connectivity index (χ1n) is 9.23. The highest BCUT2D eigenvalue weighted by Gasteiger charge is 2.34. The topological polar surface area (TPSA) is 108 Å². The lowest BCUT2D eigenvalue weighted by Gasteiger charge is -2.20. The highest BCUT2D eigenvalue weighted by molar-refractivity contribution is 6.30. The number of nitrogens with zero attached hydrogens (tertiary/aromatic N) is 3. The fraction of sp³-hybridized carbons (Fsp3) is 0.143. The number of nitrogens with one attached hydrogen (secondary N) is 1. The van der Waals surface area contributed by atoms with Crippen LogP contribution in [0.3, 0.4) is 0 Å². The number of aromatic hydroxyl groups is 1. The highest BCUT2D eigenvalue weighted by atomic mass is 35.5. The number of aromatic nitrogens is 2. The van der Waals surface area contributed by atoms with E-state index in [1.54, 1.807) is 36.4 Å². The quantitative estimate of drug-likeness (QED) is 0.627. The van der Waals surface area contributed by atoms with Crippen LogP contribution in [0.4, 0.5) is 0 Å². The van der Waals surface area contributed by atoms with E-state index in [9.17, 15) is 19.5 Å². The van der Waals surface area contributed by atoms with Gasteiger partial charge in [0.15, 0.2) is 0 Å². The van der Waals surface area contributed by atoms with Crippen molar-refractivity contribution >= 4 is 34.8 Å². The van der Waals surface area contributed by atoms with Crippen LogP contribution in [0.2, 0.25) is 10.0 Å². The molecular formula is C21H16Cl2N4O4. The lowest BCUT2D eigenvalue weighted by molar-refractivity contribution is -0.130. The summed E-state index contributed by atoms with van der Waals surface area (Å²) in [6.45, 7) is 1.36. The van der Waals surface area contributed by atoms with Gasteiger partial charge in [-0.3, -0.25) is 14.6 Å². The average molecular weight is 459 g/mol. The number of carbonyl (C=O) groups is 1. The molecule has 158 valence electrons. The molecule has 4 rings (SSSR count). The second kappa shape index (κ2) is 8.05. The molecule has 0 radical (unpaired) electrons. The minimum Gasteiger partial charge on any atom is -0.493 e. The monoisotopic (exact) mass is 458 g/mol. The van der Waals surface area contributed by atoms with Gasteiger partial charge >= 0.3 is 5.69 Å². The van der Waals surface area contributed by atoms with Crippen LogP contribution in [0.25, 0.3) is 5.69 Å². The zero-order valence-corrected chi connectivity index (χ0v) is 17.7. The van der Waals surface area contributed by atoms with E-state index < -0.39 is 23.2 Å². The molecule has 1 aliphatic rings. The standard InChI is InChI=1S/C21H16Cl2N4O4/c1-11(28)27-17(12-2-4-13(22)5-3-12)10-16(25-27)18-19(29)24-21(31)26(20(18)30)15-8-6-14(23)7-9-15/h2-9,17,30H,10H2,1H3,(H,24,29,31). The van der Waals surface area contributed by atoms with E-state index in [4.69, 9.17) is 23.2 Å². The Morgan fingerprint density at radius 2 is 1.65 bits per heavy atom. The lowest BCUT2D eigenvalue weighted by Crippen LogP contribution is -2.33. The summed E-state index contributed by atoms with van der Waals surface area (Å²) in [6.07, 6.45) is 0.163. The Bertz CT molecular complexity index is 1310. The molecule has 0 saturated heterocycles. The van der Waals surface area contributed by atoms with Crippen molar-refractivity contribution in [1.82, 2.24) is 14.6 Å². The van der Waals surface area contributed by atoms with Crippen molar-refractivity contribution in [2.75, 3.05) is 0 Å². The summed E-state index contributed by atoms with van der Waals surface area (Å²) in [5.41, 5.74) is -0.550. The number of amides is 1. The molecule has 0 bridgehead atoms. The van der Waals surface area contributed by atoms with Gasteiger partial charge in [-0.05, 0) is 42.0 Å². The molecule has 2 N–H and O–H groups in total. The van der Waals surface area contributed by atoms with E-state index in [0.717, 1.165) is 10.1 Å². The number of H-pyrrole nitrogens is 1. The fourth-order valence-electron chi connectivity index (χ4n) is 3.51. The summed E-state index contributed by atoms with van der Waals surface area (Å²) >= 11 is 11.9. The summed E-state index contributed by atoms with van der Waals surface area (Å²) in [5, 5.41) is 17.4. The maximum absolute atomic E-state index is 12.6. The third-order valence-electron chi connectivity index (χ3n) is 4.95. The molecule has 2 aromatic carbocycles. The summed E-state index contributed by atoms with van der Waals surface area (Å²) in [7, 11) is 0. The van der Waals surface area contributed by atoms with Crippen LogP contribution in [-0.4, -0.2) is 31.3 Å². The largest absolute Gasteiger partial charge is 0.493 e. The summed E-state index contributed by atoms with van der Waals surface area (Å²) in [6, 6.07) is 12.6.